The summed E-state index contributed by atoms with van der Waals surface area (Å²) in [5, 5.41) is 3.11. The van der Waals surface area contributed by atoms with Gasteiger partial charge in [0, 0.05) is 38.6 Å². The molecule has 0 radical (unpaired) electrons. The molecule has 130 valence electrons. The van der Waals surface area contributed by atoms with E-state index in [-0.39, 0.29) is 17.9 Å². The highest BCUT2D eigenvalue weighted by Crippen LogP contribution is 2.18. The smallest absolute Gasteiger partial charge is 0.236 e. The van der Waals surface area contributed by atoms with Crippen LogP contribution in [0.3, 0.4) is 0 Å². The Morgan fingerprint density at radius 2 is 2.04 bits per heavy atom. The van der Waals surface area contributed by atoms with E-state index in [0.717, 1.165) is 38.9 Å². The summed E-state index contributed by atoms with van der Waals surface area (Å²) in [4.78, 5) is 28.6. The third-order valence-corrected chi connectivity index (χ3v) is 5.06. The monoisotopic (exact) mass is 329 g/mol. The number of piperazine rings is 1. The van der Waals surface area contributed by atoms with Gasteiger partial charge in [-0.05, 0) is 31.7 Å². The lowest BCUT2D eigenvalue weighted by atomic mass is 10.0. The molecule has 24 heavy (non-hydrogen) atoms. The molecule has 2 heterocycles. The average Bonchev–Trinajstić information content (AvgIpc) is 2.61. The normalized spacial score (nSPS) is 21.9. The van der Waals surface area contributed by atoms with E-state index in [4.69, 9.17) is 0 Å². The molecule has 1 aromatic rings. The zero-order chi connectivity index (χ0) is 16.9. The van der Waals surface area contributed by atoms with E-state index in [0.29, 0.717) is 19.5 Å². The van der Waals surface area contributed by atoms with Crippen molar-refractivity contribution in [2.24, 2.45) is 0 Å². The van der Waals surface area contributed by atoms with Gasteiger partial charge in [0.1, 0.15) is 0 Å². The molecule has 0 bridgehead atoms. The molecule has 2 aliphatic heterocycles. The van der Waals surface area contributed by atoms with Crippen LogP contribution in [0.1, 0.15) is 30.4 Å². The second-order valence-electron chi connectivity index (χ2n) is 6.89. The molecule has 2 aliphatic rings. The average molecular weight is 329 g/mol. The van der Waals surface area contributed by atoms with Gasteiger partial charge in [-0.3, -0.25) is 9.59 Å². The van der Waals surface area contributed by atoms with Crippen LogP contribution >= 0.6 is 0 Å². The number of benzene rings is 1. The molecule has 2 saturated heterocycles. The van der Waals surface area contributed by atoms with Gasteiger partial charge in [-0.1, -0.05) is 29.8 Å². The number of piperidine rings is 1. The fraction of sp³-hybridized carbons (Fsp3) is 0.579. The molecule has 5 heteroatoms. The number of hydrogen-bond donors (Lipinski definition) is 1. The highest BCUT2D eigenvalue weighted by atomic mass is 16.2. The van der Waals surface area contributed by atoms with Gasteiger partial charge >= 0.3 is 0 Å². The van der Waals surface area contributed by atoms with Gasteiger partial charge in [-0.15, -0.1) is 0 Å². The summed E-state index contributed by atoms with van der Waals surface area (Å²) in [6.45, 7) is 5.62. The van der Waals surface area contributed by atoms with E-state index in [1.165, 1.54) is 11.1 Å². The van der Waals surface area contributed by atoms with Gasteiger partial charge in [0.2, 0.25) is 11.8 Å². The maximum absolute atomic E-state index is 12.6. The van der Waals surface area contributed by atoms with Crippen molar-refractivity contribution in [1.29, 1.82) is 0 Å². The van der Waals surface area contributed by atoms with Crippen LogP contribution in [-0.4, -0.2) is 60.4 Å². The molecule has 3 rings (SSSR count). The summed E-state index contributed by atoms with van der Waals surface area (Å²) in [5.41, 5.74) is 2.45. The molecule has 0 aliphatic carbocycles. The van der Waals surface area contributed by atoms with Crippen LogP contribution in [-0.2, 0) is 16.0 Å². The van der Waals surface area contributed by atoms with Gasteiger partial charge in [-0.25, -0.2) is 0 Å². The topological polar surface area (TPSA) is 52.7 Å². The Labute approximate surface area is 144 Å². The minimum Gasteiger partial charge on any atom is -0.341 e. The number of carbonyl (C=O) groups excluding carboxylic acids is 2. The predicted molar refractivity (Wildman–Crippen MR) is 93.7 cm³/mol. The molecule has 2 fully saturated rings. The van der Waals surface area contributed by atoms with Crippen molar-refractivity contribution in [3.8, 4) is 0 Å². The quantitative estimate of drug-likeness (QED) is 0.907. The minimum atomic E-state index is 0.167. The highest BCUT2D eigenvalue weighted by molar-refractivity contribution is 5.80. The number of carbonyl (C=O) groups is 2. The Bertz CT molecular complexity index is 585. The molecule has 1 atom stereocenters. The number of likely N-dealkylation sites (tertiary alicyclic amines) is 1. The van der Waals surface area contributed by atoms with E-state index in [2.05, 4.69) is 36.5 Å². The Balaban J connectivity index is 1.52. The highest BCUT2D eigenvalue weighted by Gasteiger charge is 2.31. The Morgan fingerprint density at radius 3 is 2.79 bits per heavy atom. The van der Waals surface area contributed by atoms with E-state index < -0.39 is 0 Å². The zero-order valence-electron chi connectivity index (χ0n) is 14.5. The van der Waals surface area contributed by atoms with E-state index >= 15 is 0 Å². The Kier molecular flexibility index (Phi) is 5.51. The summed E-state index contributed by atoms with van der Waals surface area (Å²) in [6, 6.07) is 8.57. The van der Waals surface area contributed by atoms with E-state index in [9.17, 15) is 9.59 Å². The Morgan fingerprint density at radius 1 is 1.25 bits per heavy atom. The summed E-state index contributed by atoms with van der Waals surface area (Å²) in [5.74, 6) is 0.378. The van der Waals surface area contributed by atoms with E-state index in [1.54, 1.807) is 0 Å². The zero-order valence-corrected chi connectivity index (χ0v) is 14.5. The van der Waals surface area contributed by atoms with Crippen molar-refractivity contribution >= 4 is 11.8 Å². The van der Waals surface area contributed by atoms with Gasteiger partial charge < -0.3 is 15.1 Å². The van der Waals surface area contributed by atoms with Crippen molar-refractivity contribution in [2.45, 2.75) is 38.6 Å². The van der Waals surface area contributed by atoms with E-state index in [1.807, 2.05) is 9.80 Å². The molecule has 1 unspecified atom stereocenters. The number of amides is 2. The summed E-state index contributed by atoms with van der Waals surface area (Å²) >= 11 is 0. The second-order valence-corrected chi connectivity index (χ2v) is 6.89. The number of hydrogen-bond acceptors (Lipinski definition) is 3. The fourth-order valence-electron chi connectivity index (χ4n) is 3.61. The first-order valence-electron chi connectivity index (χ1n) is 8.97. The maximum atomic E-state index is 12.6. The number of nitrogens with one attached hydrogen (secondary N) is 1. The third kappa shape index (κ3) is 4.15. The predicted octanol–water partition coefficient (Wildman–Crippen LogP) is 1.35. The number of rotatable bonds is 4. The molecule has 0 spiro atoms. The van der Waals surface area contributed by atoms with Crippen molar-refractivity contribution in [1.82, 2.24) is 15.1 Å². The largest absolute Gasteiger partial charge is 0.341 e. The first-order valence-corrected chi connectivity index (χ1v) is 8.97. The summed E-state index contributed by atoms with van der Waals surface area (Å²) < 4.78 is 0. The van der Waals surface area contributed by atoms with Crippen molar-refractivity contribution in [3.05, 3.63) is 35.4 Å². The van der Waals surface area contributed by atoms with Gasteiger partial charge in [-0.2, -0.15) is 0 Å². The molecular weight excluding hydrogens is 302 g/mol. The van der Waals surface area contributed by atoms with Gasteiger partial charge in [0.25, 0.3) is 0 Å². The second kappa shape index (κ2) is 7.79. The molecular formula is C19H27N3O2. The lowest BCUT2D eigenvalue weighted by Crippen LogP contribution is -2.57. The first kappa shape index (κ1) is 17.0. The molecule has 1 N–H and O–H groups in total. The molecule has 0 aromatic heterocycles. The van der Waals surface area contributed by atoms with Crippen LogP contribution in [0.25, 0.3) is 0 Å². The van der Waals surface area contributed by atoms with Gasteiger partial charge in [0.15, 0.2) is 0 Å². The van der Waals surface area contributed by atoms with Crippen molar-refractivity contribution < 1.29 is 9.59 Å². The number of aryl methyl sites for hydroxylation is 2. The third-order valence-electron chi connectivity index (χ3n) is 5.06. The number of nitrogens with zero attached hydrogens (tertiary/aromatic N) is 2. The maximum Gasteiger partial charge on any atom is 0.236 e. The molecule has 1 aromatic carbocycles. The van der Waals surface area contributed by atoms with Crippen LogP contribution in [0.2, 0.25) is 0 Å². The molecule has 2 amide bonds. The van der Waals surface area contributed by atoms with Crippen LogP contribution in [0.15, 0.2) is 24.3 Å². The summed E-state index contributed by atoms with van der Waals surface area (Å²) in [6.07, 6.45) is 3.32. The van der Waals surface area contributed by atoms with Crippen LogP contribution in [0, 0.1) is 6.92 Å². The van der Waals surface area contributed by atoms with Crippen LogP contribution in [0.4, 0.5) is 0 Å². The van der Waals surface area contributed by atoms with Crippen molar-refractivity contribution in [2.75, 3.05) is 32.7 Å². The van der Waals surface area contributed by atoms with Gasteiger partial charge in [0.05, 0.1) is 6.54 Å². The van der Waals surface area contributed by atoms with Crippen molar-refractivity contribution in [3.63, 3.8) is 0 Å². The lowest BCUT2D eigenvalue weighted by molar-refractivity contribution is -0.140. The molecule has 0 saturated carbocycles. The standard InChI is InChI=1S/C19H27N3O2/c1-15-4-6-16(7-5-15)8-9-18(23)21-11-2-3-17(14-21)22-12-10-20-13-19(22)24/h4-7,17,20H,2-3,8-14H2,1H3. The molecule has 5 nitrogen and oxygen atoms in total. The van der Waals surface area contributed by atoms with Crippen LogP contribution < -0.4 is 5.32 Å². The van der Waals surface area contributed by atoms with Crippen LogP contribution in [0.5, 0.6) is 0 Å². The lowest BCUT2D eigenvalue weighted by Gasteiger charge is -2.41. The SMILES string of the molecule is Cc1ccc(CCC(=O)N2CCCC(N3CCNCC3=O)C2)cc1. The fourth-order valence-corrected chi connectivity index (χ4v) is 3.61. The Hall–Kier alpha value is -1.88. The minimum absolute atomic E-state index is 0.167. The summed E-state index contributed by atoms with van der Waals surface area (Å²) in [7, 11) is 0. The first-order chi connectivity index (χ1) is 11.6.